The molecule has 1 aliphatic heterocycles. The molecule has 0 radical (unpaired) electrons. The van der Waals surface area contributed by atoms with E-state index in [9.17, 15) is 13.9 Å². The Bertz CT molecular complexity index is 392. The average Bonchev–Trinajstić information content (AvgIpc) is 2.77. The van der Waals surface area contributed by atoms with E-state index in [1.807, 2.05) is 0 Å². The summed E-state index contributed by atoms with van der Waals surface area (Å²) in [4.78, 5) is 0. The van der Waals surface area contributed by atoms with Gasteiger partial charge in [0.1, 0.15) is 5.75 Å². The van der Waals surface area contributed by atoms with Crippen molar-refractivity contribution in [3.63, 3.8) is 0 Å². The molecule has 2 unspecified atom stereocenters. The predicted molar refractivity (Wildman–Crippen MR) is 74.4 cm³/mol. The van der Waals surface area contributed by atoms with Gasteiger partial charge >= 0.3 is 6.61 Å². The van der Waals surface area contributed by atoms with Crippen molar-refractivity contribution in [2.75, 3.05) is 19.6 Å². The maximum absolute atomic E-state index is 12.0. The van der Waals surface area contributed by atoms with Crippen LogP contribution in [0, 0.1) is 5.92 Å². The van der Waals surface area contributed by atoms with Gasteiger partial charge in [0.15, 0.2) is 0 Å². The molecule has 1 aromatic carbocycles. The molecule has 0 bridgehead atoms. The van der Waals surface area contributed by atoms with Crippen LogP contribution in [0.25, 0.3) is 0 Å². The summed E-state index contributed by atoms with van der Waals surface area (Å²) < 4.78 is 28.2. The summed E-state index contributed by atoms with van der Waals surface area (Å²) in [5.41, 5.74) is 0.988. The summed E-state index contributed by atoms with van der Waals surface area (Å²) in [6, 6.07) is 6.53. The molecule has 1 aromatic rings. The lowest BCUT2D eigenvalue weighted by atomic mass is 10.1. The van der Waals surface area contributed by atoms with Crippen molar-refractivity contribution in [2.45, 2.75) is 19.3 Å². The van der Waals surface area contributed by atoms with E-state index in [4.69, 9.17) is 0 Å². The highest BCUT2D eigenvalue weighted by molar-refractivity contribution is 5.85. The van der Waals surface area contributed by atoms with Crippen LogP contribution in [-0.4, -0.2) is 37.5 Å². The molecule has 7 heteroatoms. The largest absolute Gasteiger partial charge is 0.435 e. The third-order valence-corrected chi connectivity index (χ3v) is 3.19. The molecule has 1 aliphatic rings. The highest BCUT2D eigenvalue weighted by Gasteiger charge is 2.23. The SMILES string of the molecule is Cl.OC1CNCC1CNCc1ccc(OC(F)F)cc1. The summed E-state index contributed by atoms with van der Waals surface area (Å²) in [5.74, 6) is 0.385. The number of aliphatic hydroxyl groups is 1. The second-order valence-electron chi connectivity index (χ2n) is 4.64. The fourth-order valence-corrected chi connectivity index (χ4v) is 2.12. The summed E-state index contributed by atoms with van der Waals surface area (Å²) >= 11 is 0. The number of β-amino-alcohol motifs (C(OH)–C–C–N with tert-alkyl or cyclic N) is 1. The average molecular weight is 309 g/mol. The lowest BCUT2D eigenvalue weighted by molar-refractivity contribution is -0.0498. The van der Waals surface area contributed by atoms with Gasteiger partial charge in [-0.25, -0.2) is 0 Å². The molecule has 0 saturated carbocycles. The summed E-state index contributed by atoms with van der Waals surface area (Å²) in [6.07, 6.45) is -0.297. The van der Waals surface area contributed by atoms with Crippen LogP contribution in [0.3, 0.4) is 0 Å². The first kappa shape index (κ1) is 17.1. The lowest BCUT2D eigenvalue weighted by Gasteiger charge is -2.14. The van der Waals surface area contributed by atoms with Crippen LogP contribution in [0.4, 0.5) is 8.78 Å². The van der Waals surface area contributed by atoms with E-state index in [0.29, 0.717) is 13.1 Å². The van der Waals surface area contributed by atoms with E-state index in [1.54, 1.807) is 12.1 Å². The molecule has 0 aromatic heterocycles. The zero-order valence-corrected chi connectivity index (χ0v) is 11.7. The quantitative estimate of drug-likeness (QED) is 0.743. The molecule has 1 fully saturated rings. The van der Waals surface area contributed by atoms with Gasteiger partial charge in [-0.1, -0.05) is 12.1 Å². The Hall–Kier alpha value is -0.950. The molecule has 3 N–H and O–H groups in total. The van der Waals surface area contributed by atoms with E-state index >= 15 is 0 Å². The third-order valence-electron chi connectivity index (χ3n) is 3.19. The van der Waals surface area contributed by atoms with Crippen molar-refractivity contribution in [1.82, 2.24) is 10.6 Å². The minimum absolute atomic E-state index is 0. The van der Waals surface area contributed by atoms with Crippen molar-refractivity contribution in [3.05, 3.63) is 29.8 Å². The Morgan fingerprint density at radius 1 is 1.30 bits per heavy atom. The molecule has 0 amide bonds. The third kappa shape index (κ3) is 5.20. The second-order valence-corrected chi connectivity index (χ2v) is 4.64. The van der Waals surface area contributed by atoms with Crippen molar-refractivity contribution >= 4 is 12.4 Å². The van der Waals surface area contributed by atoms with Gasteiger partial charge in [0.2, 0.25) is 0 Å². The topological polar surface area (TPSA) is 53.5 Å². The fourth-order valence-electron chi connectivity index (χ4n) is 2.12. The van der Waals surface area contributed by atoms with Gasteiger partial charge in [0, 0.05) is 32.1 Å². The number of ether oxygens (including phenoxy) is 1. The minimum atomic E-state index is -2.79. The summed E-state index contributed by atoms with van der Waals surface area (Å²) in [5, 5.41) is 16.0. The lowest BCUT2D eigenvalue weighted by Crippen LogP contribution is -2.30. The molecular weight excluding hydrogens is 290 g/mol. The van der Waals surface area contributed by atoms with Crippen LogP contribution in [-0.2, 0) is 6.54 Å². The van der Waals surface area contributed by atoms with Crippen LogP contribution in [0.2, 0.25) is 0 Å². The molecule has 4 nitrogen and oxygen atoms in total. The molecule has 114 valence electrons. The van der Waals surface area contributed by atoms with Crippen molar-refractivity contribution in [3.8, 4) is 5.75 Å². The van der Waals surface area contributed by atoms with Crippen LogP contribution in [0.5, 0.6) is 5.75 Å². The highest BCUT2D eigenvalue weighted by atomic mass is 35.5. The van der Waals surface area contributed by atoms with E-state index in [0.717, 1.165) is 18.7 Å². The first-order chi connectivity index (χ1) is 9.15. The Morgan fingerprint density at radius 2 is 2.00 bits per heavy atom. The molecule has 1 heterocycles. The van der Waals surface area contributed by atoms with Gasteiger partial charge < -0.3 is 20.5 Å². The Morgan fingerprint density at radius 3 is 2.55 bits per heavy atom. The second kappa shape index (κ2) is 8.36. The minimum Gasteiger partial charge on any atom is -0.435 e. The monoisotopic (exact) mass is 308 g/mol. The number of nitrogens with one attached hydrogen (secondary N) is 2. The number of halogens is 3. The van der Waals surface area contributed by atoms with Crippen molar-refractivity contribution in [2.24, 2.45) is 5.92 Å². The Balaban J connectivity index is 0.00000200. The molecule has 1 saturated heterocycles. The first-order valence-electron chi connectivity index (χ1n) is 6.28. The van der Waals surface area contributed by atoms with Crippen LogP contribution >= 0.6 is 12.4 Å². The van der Waals surface area contributed by atoms with E-state index in [-0.39, 0.29) is 30.2 Å². The van der Waals surface area contributed by atoms with E-state index < -0.39 is 6.61 Å². The fraction of sp³-hybridized carbons (Fsp3) is 0.538. The highest BCUT2D eigenvalue weighted by Crippen LogP contribution is 2.15. The van der Waals surface area contributed by atoms with Gasteiger partial charge in [-0.2, -0.15) is 8.78 Å². The number of hydrogen-bond donors (Lipinski definition) is 3. The van der Waals surface area contributed by atoms with Gasteiger partial charge in [0.05, 0.1) is 6.10 Å². The number of benzene rings is 1. The summed E-state index contributed by atoms with van der Waals surface area (Å²) in [6.45, 7) is 0.0310. The van der Waals surface area contributed by atoms with Gasteiger partial charge in [0.25, 0.3) is 0 Å². The number of aliphatic hydroxyl groups excluding tert-OH is 1. The molecule has 2 atom stereocenters. The van der Waals surface area contributed by atoms with Crippen LogP contribution in [0.15, 0.2) is 24.3 Å². The standard InChI is InChI=1S/C13H18F2N2O2.ClH/c14-13(15)19-11-3-1-9(2-4-11)5-16-6-10-7-17-8-12(10)18;/h1-4,10,12-13,16-18H,5-8H2;1H. The van der Waals surface area contributed by atoms with Crippen molar-refractivity contribution in [1.29, 1.82) is 0 Å². The molecule has 0 spiro atoms. The Kier molecular flexibility index (Phi) is 7.15. The predicted octanol–water partition coefficient (Wildman–Crippen LogP) is 1.38. The summed E-state index contributed by atoms with van der Waals surface area (Å²) in [7, 11) is 0. The maximum Gasteiger partial charge on any atom is 0.387 e. The van der Waals surface area contributed by atoms with Gasteiger partial charge in [-0.3, -0.25) is 0 Å². The molecule has 20 heavy (non-hydrogen) atoms. The number of hydrogen-bond acceptors (Lipinski definition) is 4. The number of alkyl halides is 2. The first-order valence-corrected chi connectivity index (χ1v) is 6.28. The van der Waals surface area contributed by atoms with Gasteiger partial charge in [-0.15, -0.1) is 12.4 Å². The maximum atomic E-state index is 12.0. The van der Waals surface area contributed by atoms with Crippen molar-refractivity contribution < 1.29 is 18.6 Å². The van der Waals surface area contributed by atoms with E-state index in [2.05, 4.69) is 15.4 Å². The normalized spacial score (nSPS) is 21.8. The Labute approximate surface area is 122 Å². The van der Waals surface area contributed by atoms with E-state index in [1.165, 1.54) is 12.1 Å². The van der Waals surface area contributed by atoms with Gasteiger partial charge in [-0.05, 0) is 17.7 Å². The smallest absolute Gasteiger partial charge is 0.387 e. The zero-order chi connectivity index (χ0) is 13.7. The number of rotatable bonds is 6. The van der Waals surface area contributed by atoms with Crippen LogP contribution < -0.4 is 15.4 Å². The van der Waals surface area contributed by atoms with Crippen LogP contribution in [0.1, 0.15) is 5.56 Å². The molecule has 0 aliphatic carbocycles. The molecule has 2 rings (SSSR count). The zero-order valence-electron chi connectivity index (χ0n) is 10.9. The molecular formula is C13H19ClF2N2O2.